The van der Waals surface area contributed by atoms with Crippen molar-refractivity contribution in [2.45, 2.75) is 24.7 Å². The van der Waals surface area contributed by atoms with E-state index in [1.54, 1.807) is 0 Å². The van der Waals surface area contributed by atoms with E-state index >= 15 is 0 Å². The van der Waals surface area contributed by atoms with Gasteiger partial charge in [0.05, 0.1) is 22.9 Å². The van der Waals surface area contributed by atoms with Crippen LogP contribution in [0.1, 0.15) is 40.7 Å². The van der Waals surface area contributed by atoms with E-state index in [-0.39, 0.29) is 17.7 Å². The summed E-state index contributed by atoms with van der Waals surface area (Å²) in [6.45, 7) is 2.07. The molecule has 0 aromatic heterocycles. The fourth-order valence-electron chi connectivity index (χ4n) is 6.17. The molecule has 3 aromatic carbocycles. The minimum atomic E-state index is -1.14. The first kappa shape index (κ1) is 18.3. The number of benzene rings is 3. The largest absolute Gasteiger partial charge is 0.302 e. The fourth-order valence-corrected chi connectivity index (χ4v) is 6.17. The number of carbonyl (C=O) groups is 3. The number of hydrogen-bond acceptors (Lipinski definition) is 3. The Morgan fingerprint density at radius 1 is 0.839 bits per heavy atom. The maximum Gasteiger partial charge on any atom is 0.239 e. The van der Waals surface area contributed by atoms with Gasteiger partial charge in [0, 0.05) is 5.92 Å². The zero-order chi connectivity index (χ0) is 21.3. The number of hydrogen-bond donors (Lipinski definition) is 0. The Morgan fingerprint density at radius 2 is 1.42 bits per heavy atom. The van der Waals surface area contributed by atoms with Gasteiger partial charge in [0.1, 0.15) is 6.29 Å². The van der Waals surface area contributed by atoms with Gasteiger partial charge in [0.25, 0.3) is 0 Å². The van der Waals surface area contributed by atoms with Crippen molar-refractivity contribution in [3.63, 3.8) is 0 Å². The number of aldehydes is 1. The molecule has 152 valence electrons. The lowest BCUT2D eigenvalue weighted by molar-refractivity contribution is -0.128. The standard InChI is InChI=1S/C27H21NO3/c1-2-16-11-13-17(14-12-16)28-25(30)23-22-18-7-3-5-9-20(18)27(15-29,24(23)26(28)31)21-10-6-4-8-19(21)22/h3-15,22-24H,2H2,1H3/t22?,23-,24+,27?/m0/s1. The molecule has 0 radical (unpaired) electrons. The quantitative estimate of drug-likeness (QED) is 0.487. The molecule has 0 N–H and O–H groups in total. The summed E-state index contributed by atoms with van der Waals surface area (Å²) in [4.78, 5) is 41.8. The van der Waals surface area contributed by atoms with E-state index < -0.39 is 17.3 Å². The molecule has 7 rings (SSSR count). The zero-order valence-corrected chi connectivity index (χ0v) is 17.1. The normalized spacial score (nSPS) is 27.6. The molecule has 3 aromatic rings. The summed E-state index contributed by atoms with van der Waals surface area (Å²) in [5.41, 5.74) is 4.27. The van der Waals surface area contributed by atoms with E-state index in [2.05, 4.69) is 6.92 Å². The first-order chi connectivity index (χ1) is 15.1. The Hall–Kier alpha value is -3.53. The lowest BCUT2D eigenvalue weighted by atomic mass is 9.48. The van der Waals surface area contributed by atoms with Crippen LogP contribution in [0.15, 0.2) is 72.8 Å². The van der Waals surface area contributed by atoms with Gasteiger partial charge in [-0.1, -0.05) is 67.6 Å². The molecule has 0 saturated carbocycles. The summed E-state index contributed by atoms with van der Waals surface area (Å²) >= 11 is 0. The second kappa shape index (κ2) is 6.24. The lowest BCUT2D eigenvalue weighted by Crippen LogP contribution is -2.54. The molecule has 4 heteroatoms. The highest BCUT2D eigenvalue weighted by Gasteiger charge is 2.68. The van der Waals surface area contributed by atoms with Crippen LogP contribution in [0.4, 0.5) is 5.69 Å². The minimum absolute atomic E-state index is 0.209. The van der Waals surface area contributed by atoms with E-state index in [9.17, 15) is 14.4 Å². The Balaban J connectivity index is 1.60. The number of aryl methyl sites for hydroxylation is 1. The van der Waals surface area contributed by atoms with E-state index in [4.69, 9.17) is 0 Å². The summed E-state index contributed by atoms with van der Waals surface area (Å²) in [5.74, 6) is -2.01. The molecular formula is C27H21NO3. The topological polar surface area (TPSA) is 54.5 Å². The van der Waals surface area contributed by atoms with Crippen molar-refractivity contribution in [2.75, 3.05) is 4.90 Å². The predicted octanol–water partition coefficient (Wildman–Crippen LogP) is 4.00. The molecule has 1 aliphatic heterocycles. The first-order valence-electron chi connectivity index (χ1n) is 10.8. The third-order valence-electron chi connectivity index (χ3n) is 7.47. The Morgan fingerprint density at radius 3 is 1.97 bits per heavy atom. The SMILES string of the molecule is CCc1ccc(N2C(=O)[C@H]3C4c5ccccc5C(C=O)(c5ccccc54)[C@H]3C2=O)cc1. The molecule has 2 amide bonds. The highest BCUT2D eigenvalue weighted by atomic mass is 16.2. The van der Waals surface area contributed by atoms with Gasteiger partial charge in [-0.15, -0.1) is 0 Å². The first-order valence-corrected chi connectivity index (χ1v) is 10.8. The van der Waals surface area contributed by atoms with E-state index in [0.717, 1.165) is 40.5 Å². The number of anilines is 1. The van der Waals surface area contributed by atoms with Gasteiger partial charge in [-0.3, -0.25) is 9.59 Å². The Bertz CT molecular complexity index is 1210. The maximum atomic E-state index is 13.8. The van der Waals surface area contributed by atoms with Crippen molar-refractivity contribution < 1.29 is 14.4 Å². The molecule has 4 nitrogen and oxygen atoms in total. The summed E-state index contributed by atoms with van der Waals surface area (Å²) in [6.07, 6.45) is 1.79. The van der Waals surface area contributed by atoms with Crippen LogP contribution in [0, 0.1) is 11.8 Å². The molecule has 2 atom stereocenters. The molecule has 0 unspecified atom stereocenters. The third-order valence-corrected chi connectivity index (χ3v) is 7.47. The average Bonchev–Trinajstić information content (AvgIpc) is 3.10. The van der Waals surface area contributed by atoms with Gasteiger partial charge in [0.15, 0.2) is 0 Å². The Kier molecular flexibility index (Phi) is 3.67. The molecule has 4 aliphatic rings. The highest BCUT2D eigenvalue weighted by molar-refractivity contribution is 6.24. The summed E-state index contributed by atoms with van der Waals surface area (Å²) in [7, 11) is 0. The fraction of sp³-hybridized carbons (Fsp3) is 0.222. The van der Waals surface area contributed by atoms with Crippen molar-refractivity contribution in [1.82, 2.24) is 0 Å². The summed E-state index contributed by atoms with van der Waals surface area (Å²) in [5, 5.41) is 0. The van der Waals surface area contributed by atoms with Crippen molar-refractivity contribution in [2.24, 2.45) is 11.8 Å². The van der Waals surface area contributed by atoms with Crippen LogP contribution >= 0.6 is 0 Å². The van der Waals surface area contributed by atoms with Crippen LogP contribution in [0.5, 0.6) is 0 Å². The smallest absolute Gasteiger partial charge is 0.239 e. The molecule has 0 spiro atoms. The molecule has 3 aliphatic carbocycles. The van der Waals surface area contributed by atoms with Crippen LogP contribution in [-0.4, -0.2) is 18.1 Å². The minimum Gasteiger partial charge on any atom is -0.302 e. The molecular weight excluding hydrogens is 386 g/mol. The summed E-state index contributed by atoms with van der Waals surface area (Å²) < 4.78 is 0. The van der Waals surface area contributed by atoms with Crippen LogP contribution in [0.2, 0.25) is 0 Å². The van der Waals surface area contributed by atoms with Crippen molar-refractivity contribution in [3.05, 3.63) is 101 Å². The molecule has 31 heavy (non-hydrogen) atoms. The van der Waals surface area contributed by atoms with Crippen LogP contribution in [-0.2, 0) is 26.2 Å². The molecule has 1 fully saturated rings. The van der Waals surface area contributed by atoms with Crippen LogP contribution < -0.4 is 4.90 Å². The van der Waals surface area contributed by atoms with Crippen LogP contribution in [0.3, 0.4) is 0 Å². The van der Waals surface area contributed by atoms with Crippen LogP contribution in [0.25, 0.3) is 0 Å². The van der Waals surface area contributed by atoms with E-state index in [0.29, 0.717) is 5.69 Å². The monoisotopic (exact) mass is 407 g/mol. The van der Waals surface area contributed by atoms with Crippen molar-refractivity contribution >= 4 is 23.8 Å². The highest BCUT2D eigenvalue weighted by Crippen LogP contribution is 2.63. The average molecular weight is 407 g/mol. The van der Waals surface area contributed by atoms with E-state index in [1.807, 2.05) is 72.8 Å². The van der Waals surface area contributed by atoms with Gasteiger partial charge in [-0.05, 0) is 46.4 Å². The zero-order valence-electron chi connectivity index (χ0n) is 17.1. The van der Waals surface area contributed by atoms with Crippen molar-refractivity contribution in [1.29, 1.82) is 0 Å². The number of nitrogens with zero attached hydrogens (tertiary/aromatic N) is 1. The molecule has 1 heterocycles. The van der Waals surface area contributed by atoms with Gasteiger partial charge in [0.2, 0.25) is 11.8 Å². The predicted molar refractivity (Wildman–Crippen MR) is 117 cm³/mol. The second-order valence-electron chi connectivity index (χ2n) is 8.67. The van der Waals surface area contributed by atoms with E-state index in [1.165, 1.54) is 4.90 Å². The summed E-state index contributed by atoms with van der Waals surface area (Å²) in [6, 6.07) is 23.2. The lowest BCUT2D eigenvalue weighted by Gasteiger charge is -2.51. The number of imide groups is 1. The molecule has 1 saturated heterocycles. The van der Waals surface area contributed by atoms with Gasteiger partial charge >= 0.3 is 0 Å². The van der Waals surface area contributed by atoms with Gasteiger partial charge < -0.3 is 4.79 Å². The number of carbonyl (C=O) groups excluding carboxylic acids is 3. The number of rotatable bonds is 3. The maximum absolute atomic E-state index is 13.8. The number of amides is 2. The second-order valence-corrected chi connectivity index (χ2v) is 8.67. The van der Waals surface area contributed by atoms with Gasteiger partial charge in [-0.2, -0.15) is 0 Å². The third kappa shape index (κ3) is 2.07. The molecule has 2 bridgehead atoms. The van der Waals surface area contributed by atoms with Gasteiger partial charge in [-0.25, -0.2) is 4.90 Å². The van der Waals surface area contributed by atoms with Crippen molar-refractivity contribution in [3.8, 4) is 0 Å². The Labute approximate surface area is 180 Å².